The lowest BCUT2D eigenvalue weighted by atomic mass is 9.85. The lowest BCUT2D eigenvalue weighted by Crippen LogP contribution is -2.22. The Hall–Kier alpha value is 0.190. The van der Waals surface area contributed by atoms with Crippen LogP contribution in [0.4, 0.5) is 0 Å². The van der Waals surface area contributed by atoms with Gasteiger partial charge >= 0.3 is 0 Å². The zero-order valence-electron chi connectivity index (χ0n) is 14.3. The van der Waals surface area contributed by atoms with Crippen LogP contribution in [0.3, 0.4) is 0 Å². The van der Waals surface area contributed by atoms with E-state index < -0.39 is 8.03 Å². The molecule has 0 aromatic rings. The maximum absolute atomic E-state index is 12.1. The first kappa shape index (κ1) is 19.2. The highest BCUT2D eigenvalue weighted by molar-refractivity contribution is 7.39. The molecule has 116 valence electrons. The van der Waals surface area contributed by atoms with Crippen LogP contribution in [-0.4, -0.2) is 12.8 Å². The normalized spacial score (nSPS) is 15.3. The molecule has 1 unspecified atom stereocenters. The van der Waals surface area contributed by atoms with Gasteiger partial charge in [0.15, 0.2) is 8.03 Å². The molecule has 3 heteroatoms. The fourth-order valence-electron chi connectivity index (χ4n) is 3.06. The molecule has 0 amide bonds. The third kappa shape index (κ3) is 10.6. The Balaban J connectivity index is 4.18. The summed E-state index contributed by atoms with van der Waals surface area (Å²) in [6.07, 6.45) is 2.91. The van der Waals surface area contributed by atoms with Crippen LogP contribution in [0, 0.1) is 22.7 Å². The molecule has 0 saturated heterocycles. The van der Waals surface area contributed by atoms with E-state index in [0.29, 0.717) is 24.6 Å². The Morgan fingerprint density at radius 3 is 1.74 bits per heavy atom. The first-order valence-electron chi connectivity index (χ1n) is 7.59. The van der Waals surface area contributed by atoms with E-state index in [2.05, 4.69) is 55.4 Å². The van der Waals surface area contributed by atoms with Crippen molar-refractivity contribution in [3.8, 4) is 0 Å². The standard InChI is InChI=1S/C16H35O2P/c1-13(2)9-15(5,6)11-18-19(17)12-16(7,8)10-14(3)4/h13-14,19H,9-12H2,1-8H3. The fourth-order valence-corrected chi connectivity index (χ4v) is 4.64. The molecule has 19 heavy (non-hydrogen) atoms. The van der Waals surface area contributed by atoms with Crippen molar-refractivity contribution < 1.29 is 9.09 Å². The van der Waals surface area contributed by atoms with Crippen LogP contribution >= 0.6 is 8.03 Å². The second kappa shape index (κ2) is 7.84. The van der Waals surface area contributed by atoms with E-state index in [1.165, 1.54) is 0 Å². The summed E-state index contributed by atoms with van der Waals surface area (Å²) in [5, 5.41) is 0. The van der Waals surface area contributed by atoms with Gasteiger partial charge in [-0.05, 0) is 35.5 Å². The summed E-state index contributed by atoms with van der Waals surface area (Å²) in [7, 11) is -1.91. The first-order valence-corrected chi connectivity index (χ1v) is 9.11. The molecule has 0 aromatic carbocycles. The molecule has 1 atom stereocenters. The SMILES string of the molecule is CC(C)CC(C)(C)CO[PH](=O)CC(C)(C)CC(C)C. The lowest BCUT2D eigenvalue weighted by Gasteiger charge is -2.29. The second-order valence-corrected chi connectivity index (χ2v) is 9.75. The van der Waals surface area contributed by atoms with Crippen molar-refractivity contribution in [1.82, 2.24) is 0 Å². The molecule has 0 radical (unpaired) electrons. The smallest absolute Gasteiger partial charge is 0.192 e. The molecule has 0 N–H and O–H groups in total. The van der Waals surface area contributed by atoms with Crippen LogP contribution in [0.15, 0.2) is 0 Å². The topological polar surface area (TPSA) is 26.3 Å². The highest BCUT2D eigenvalue weighted by Crippen LogP contribution is 2.38. The number of hydrogen-bond donors (Lipinski definition) is 0. The van der Waals surface area contributed by atoms with Crippen LogP contribution in [0.1, 0.15) is 68.2 Å². The third-order valence-corrected chi connectivity index (χ3v) is 4.88. The van der Waals surface area contributed by atoms with Crippen molar-refractivity contribution >= 4 is 8.03 Å². The zero-order chi connectivity index (χ0) is 15.3. The van der Waals surface area contributed by atoms with Crippen LogP contribution in [0.2, 0.25) is 0 Å². The molecule has 0 aliphatic rings. The van der Waals surface area contributed by atoms with E-state index in [-0.39, 0.29) is 10.8 Å². The van der Waals surface area contributed by atoms with Crippen LogP contribution in [-0.2, 0) is 9.09 Å². The predicted molar refractivity (Wildman–Crippen MR) is 86.3 cm³/mol. The Morgan fingerprint density at radius 1 is 0.895 bits per heavy atom. The molecule has 0 bridgehead atoms. The Labute approximate surface area is 121 Å². The van der Waals surface area contributed by atoms with E-state index in [4.69, 9.17) is 4.52 Å². The minimum absolute atomic E-state index is 0.117. The van der Waals surface area contributed by atoms with Crippen LogP contribution in [0.5, 0.6) is 0 Å². The molecule has 0 aliphatic heterocycles. The average Bonchev–Trinajstić information content (AvgIpc) is 2.09. The summed E-state index contributed by atoms with van der Waals surface area (Å²) >= 11 is 0. The van der Waals surface area contributed by atoms with Gasteiger partial charge in [0.1, 0.15) is 0 Å². The Bertz CT molecular complexity index is 280. The molecular formula is C16H35O2P. The van der Waals surface area contributed by atoms with Crippen molar-refractivity contribution in [3.63, 3.8) is 0 Å². The predicted octanol–water partition coefficient (Wildman–Crippen LogP) is 5.62. The van der Waals surface area contributed by atoms with Gasteiger partial charge in [0, 0.05) is 6.16 Å². The van der Waals surface area contributed by atoms with Gasteiger partial charge in [-0.2, -0.15) is 0 Å². The monoisotopic (exact) mass is 290 g/mol. The van der Waals surface area contributed by atoms with Gasteiger partial charge in [-0.25, -0.2) is 0 Å². The number of hydrogen-bond acceptors (Lipinski definition) is 2. The summed E-state index contributed by atoms with van der Waals surface area (Å²) in [5.74, 6) is 1.29. The molecule has 0 heterocycles. The highest BCUT2D eigenvalue weighted by atomic mass is 31.1. The van der Waals surface area contributed by atoms with E-state index in [9.17, 15) is 4.57 Å². The average molecular weight is 290 g/mol. The third-order valence-electron chi connectivity index (χ3n) is 3.17. The van der Waals surface area contributed by atoms with E-state index in [1.807, 2.05) is 0 Å². The largest absolute Gasteiger partial charge is 0.330 e. The van der Waals surface area contributed by atoms with Gasteiger partial charge in [-0.3, -0.25) is 4.57 Å². The van der Waals surface area contributed by atoms with Gasteiger partial charge in [0.25, 0.3) is 0 Å². The molecule has 2 nitrogen and oxygen atoms in total. The van der Waals surface area contributed by atoms with E-state index in [0.717, 1.165) is 12.8 Å². The van der Waals surface area contributed by atoms with Gasteiger partial charge < -0.3 is 4.52 Å². The molecule has 0 rings (SSSR count). The van der Waals surface area contributed by atoms with Crippen molar-refractivity contribution in [3.05, 3.63) is 0 Å². The van der Waals surface area contributed by atoms with Gasteiger partial charge in [-0.15, -0.1) is 0 Å². The van der Waals surface area contributed by atoms with Crippen molar-refractivity contribution in [1.29, 1.82) is 0 Å². The van der Waals surface area contributed by atoms with Crippen molar-refractivity contribution in [2.45, 2.75) is 68.2 Å². The van der Waals surface area contributed by atoms with Crippen LogP contribution < -0.4 is 0 Å². The molecule has 0 aromatic heterocycles. The molecule has 0 saturated carbocycles. The summed E-state index contributed by atoms with van der Waals surface area (Å²) in [5.41, 5.74) is 0.239. The quantitative estimate of drug-likeness (QED) is 0.515. The lowest BCUT2D eigenvalue weighted by molar-refractivity contribution is 0.158. The number of rotatable bonds is 9. The highest BCUT2D eigenvalue weighted by Gasteiger charge is 2.25. The summed E-state index contributed by atoms with van der Waals surface area (Å²) in [4.78, 5) is 0. The van der Waals surface area contributed by atoms with Crippen LogP contribution in [0.25, 0.3) is 0 Å². The maximum Gasteiger partial charge on any atom is 0.192 e. The first-order chi connectivity index (χ1) is 8.43. The molecule has 0 spiro atoms. The second-order valence-electron chi connectivity index (χ2n) is 8.36. The van der Waals surface area contributed by atoms with E-state index in [1.54, 1.807) is 0 Å². The summed E-state index contributed by atoms with van der Waals surface area (Å²) < 4.78 is 17.8. The summed E-state index contributed by atoms with van der Waals surface area (Å²) in [6.45, 7) is 18.3. The Morgan fingerprint density at radius 2 is 1.32 bits per heavy atom. The molecule has 0 aliphatic carbocycles. The van der Waals surface area contributed by atoms with Gasteiger partial charge in [0.05, 0.1) is 6.61 Å². The summed E-state index contributed by atoms with van der Waals surface area (Å²) in [6, 6.07) is 0. The van der Waals surface area contributed by atoms with E-state index >= 15 is 0 Å². The zero-order valence-corrected chi connectivity index (χ0v) is 15.3. The molecular weight excluding hydrogens is 255 g/mol. The Kier molecular flexibility index (Phi) is 7.91. The minimum Gasteiger partial charge on any atom is -0.330 e. The van der Waals surface area contributed by atoms with Crippen molar-refractivity contribution in [2.75, 3.05) is 12.8 Å². The maximum atomic E-state index is 12.1. The molecule has 0 fully saturated rings. The fraction of sp³-hybridized carbons (Fsp3) is 1.00. The van der Waals surface area contributed by atoms with Crippen molar-refractivity contribution in [2.24, 2.45) is 22.7 Å². The van der Waals surface area contributed by atoms with Gasteiger partial charge in [0.2, 0.25) is 0 Å². The van der Waals surface area contributed by atoms with Gasteiger partial charge in [-0.1, -0.05) is 55.4 Å². The minimum atomic E-state index is -1.91.